The highest BCUT2D eigenvalue weighted by atomic mass is 19.4. The summed E-state index contributed by atoms with van der Waals surface area (Å²) < 4.78 is 37.1. The Balaban J connectivity index is 3.04. The average molecular weight is 274 g/mol. The molecule has 2 N–H and O–H groups in total. The number of benzene rings is 1. The molecule has 6 heteroatoms. The molecule has 1 atom stereocenters. The number of aliphatic carboxylic acids is 1. The molecule has 0 saturated heterocycles. The van der Waals surface area contributed by atoms with Crippen molar-refractivity contribution in [3.8, 4) is 0 Å². The highest BCUT2D eigenvalue weighted by Gasteiger charge is 2.30. The van der Waals surface area contributed by atoms with Crippen molar-refractivity contribution in [2.45, 2.75) is 25.6 Å². The van der Waals surface area contributed by atoms with Gasteiger partial charge in [-0.05, 0) is 24.1 Å². The van der Waals surface area contributed by atoms with E-state index < -0.39 is 23.8 Å². The lowest BCUT2D eigenvalue weighted by molar-refractivity contribution is -0.137. The van der Waals surface area contributed by atoms with Gasteiger partial charge in [-0.1, -0.05) is 25.1 Å². The Bertz CT molecular complexity index is 475. The molecule has 0 amide bonds. The van der Waals surface area contributed by atoms with Crippen LogP contribution < -0.4 is 0 Å². The summed E-state index contributed by atoms with van der Waals surface area (Å²) in [5.74, 6) is -1.30. The van der Waals surface area contributed by atoms with Crippen LogP contribution in [0.5, 0.6) is 0 Å². The first-order valence-electron chi connectivity index (χ1n) is 5.56. The van der Waals surface area contributed by atoms with Gasteiger partial charge in [-0.2, -0.15) is 13.2 Å². The molecule has 0 bridgehead atoms. The number of hydrogen-bond donors (Lipinski definition) is 2. The minimum Gasteiger partial charge on any atom is -0.478 e. The number of allylic oxidation sites excluding steroid dienone is 1. The Morgan fingerprint density at radius 3 is 2.21 bits per heavy atom. The fourth-order valence-corrected chi connectivity index (χ4v) is 1.57. The van der Waals surface area contributed by atoms with Crippen molar-refractivity contribution in [1.29, 1.82) is 0 Å². The highest BCUT2D eigenvalue weighted by Crippen LogP contribution is 2.31. The van der Waals surface area contributed by atoms with Crippen LogP contribution in [-0.2, 0) is 11.0 Å². The van der Waals surface area contributed by atoms with Gasteiger partial charge in [0.1, 0.15) is 6.10 Å². The first kappa shape index (κ1) is 15.2. The summed E-state index contributed by atoms with van der Waals surface area (Å²) >= 11 is 0. The molecule has 0 fully saturated rings. The molecule has 0 heterocycles. The van der Waals surface area contributed by atoms with Crippen molar-refractivity contribution in [2.24, 2.45) is 0 Å². The molecule has 0 spiro atoms. The topological polar surface area (TPSA) is 57.5 Å². The molecular weight excluding hydrogens is 261 g/mol. The maximum absolute atomic E-state index is 12.4. The third-order valence-electron chi connectivity index (χ3n) is 2.52. The lowest BCUT2D eigenvalue weighted by atomic mass is 9.99. The predicted molar refractivity (Wildman–Crippen MR) is 62.4 cm³/mol. The zero-order valence-electron chi connectivity index (χ0n) is 10.1. The fraction of sp³-hybridized carbons (Fsp3) is 0.308. The Labute approximate surface area is 108 Å². The van der Waals surface area contributed by atoms with Crippen LogP contribution in [0.1, 0.15) is 30.6 Å². The van der Waals surface area contributed by atoms with E-state index in [1.54, 1.807) is 6.92 Å². The van der Waals surface area contributed by atoms with E-state index in [1.807, 2.05) is 0 Å². The number of alkyl halides is 3. The van der Waals surface area contributed by atoms with Crippen LogP contribution in [-0.4, -0.2) is 16.2 Å². The maximum atomic E-state index is 12.4. The van der Waals surface area contributed by atoms with Crippen molar-refractivity contribution >= 4 is 5.97 Å². The van der Waals surface area contributed by atoms with Crippen molar-refractivity contribution in [1.82, 2.24) is 0 Å². The van der Waals surface area contributed by atoms with Crippen molar-refractivity contribution in [2.75, 3.05) is 0 Å². The fourth-order valence-electron chi connectivity index (χ4n) is 1.57. The summed E-state index contributed by atoms with van der Waals surface area (Å²) in [6.45, 7) is 1.70. The number of carbonyl (C=O) groups is 1. The lowest BCUT2D eigenvalue weighted by Crippen LogP contribution is -2.11. The van der Waals surface area contributed by atoms with Crippen LogP contribution in [0.4, 0.5) is 13.2 Å². The van der Waals surface area contributed by atoms with Gasteiger partial charge in [0.15, 0.2) is 0 Å². The van der Waals surface area contributed by atoms with Crippen LogP contribution in [0.15, 0.2) is 35.9 Å². The van der Waals surface area contributed by atoms with E-state index >= 15 is 0 Å². The molecule has 104 valence electrons. The second kappa shape index (κ2) is 5.88. The molecule has 1 unspecified atom stereocenters. The number of hydrogen-bond acceptors (Lipinski definition) is 2. The molecule has 0 aliphatic rings. The summed E-state index contributed by atoms with van der Waals surface area (Å²) in [7, 11) is 0. The first-order chi connectivity index (χ1) is 8.77. The number of carboxylic acid groups (broad SMARTS) is 1. The van der Waals surface area contributed by atoms with Gasteiger partial charge in [-0.15, -0.1) is 0 Å². The standard InChI is InChI=1S/C13H13F3O3/c1-2-3-10(12(18)19)11(17)8-4-6-9(7-5-8)13(14,15)16/h3-7,11,17H,2H2,1H3,(H,18,19). The predicted octanol–water partition coefficient (Wildman–Crippen LogP) is 3.16. The normalized spacial score (nSPS) is 14.3. The largest absolute Gasteiger partial charge is 0.478 e. The van der Waals surface area contributed by atoms with Gasteiger partial charge in [0.25, 0.3) is 0 Å². The van der Waals surface area contributed by atoms with Crippen LogP contribution in [0.3, 0.4) is 0 Å². The third-order valence-corrected chi connectivity index (χ3v) is 2.52. The van der Waals surface area contributed by atoms with Crippen molar-refractivity contribution in [3.05, 3.63) is 47.0 Å². The van der Waals surface area contributed by atoms with E-state index in [0.29, 0.717) is 6.42 Å². The van der Waals surface area contributed by atoms with E-state index in [-0.39, 0.29) is 11.1 Å². The first-order valence-corrected chi connectivity index (χ1v) is 5.56. The molecule has 1 aromatic carbocycles. The van der Waals surface area contributed by atoms with Gasteiger partial charge < -0.3 is 10.2 Å². The van der Waals surface area contributed by atoms with Gasteiger partial charge in [-0.25, -0.2) is 4.79 Å². The van der Waals surface area contributed by atoms with Gasteiger partial charge in [0, 0.05) is 0 Å². The average Bonchev–Trinajstić information content (AvgIpc) is 2.34. The number of carboxylic acids is 1. The molecule has 3 nitrogen and oxygen atoms in total. The number of rotatable bonds is 4. The van der Waals surface area contributed by atoms with E-state index in [1.165, 1.54) is 6.08 Å². The number of aliphatic hydroxyl groups is 1. The second-order valence-electron chi connectivity index (χ2n) is 3.90. The Morgan fingerprint density at radius 1 is 1.32 bits per heavy atom. The molecule has 1 rings (SSSR count). The van der Waals surface area contributed by atoms with Crippen LogP contribution in [0, 0.1) is 0 Å². The molecule has 0 aliphatic heterocycles. The SMILES string of the molecule is CCC=C(C(=O)O)C(O)c1ccc(C(F)(F)F)cc1. The number of aliphatic hydroxyl groups excluding tert-OH is 1. The minimum atomic E-state index is -4.46. The summed E-state index contributed by atoms with van der Waals surface area (Å²) in [6, 6.07) is 3.76. The Hall–Kier alpha value is -1.82. The molecule has 0 aromatic heterocycles. The molecule has 0 aliphatic carbocycles. The van der Waals surface area contributed by atoms with Crippen LogP contribution in [0.25, 0.3) is 0 Å². The quantitative estimate of drug-likeness (QED) is 0.829. The van der Waals surface area contributed by atoms with E-state index in [0.717, 1.165) is 24.3 Å². The molecule has 0 radical (unpaired) electrons. The number of halogens is 3. The Kier molecular flexibility index (Phi) is 4.72. The second-order valence-corrected chi connectivity index (χ2v) is 3.90. The summed E-state index contributed by atoms with van der Waals surface area (Å²) in [5, 5.41) is 18.8. The molecule has 1 aromatic rings. The van der Waals surface area contributed by atoms with Gasteiger partial charge in [-0.3, -0.25) is 0 Å². The summed E-state index contributed by atoms with van der Waals surface area (Å²) in [4.78, 5) is 10.9. The van der Waals surface area contributed by atoms with E-state index in [9.17, 15) is 23.1 Å². The highest BCUT2D eigenvalue weighted by molar-refractivity contribution is 5.88. The summed E-state index contributed by atoms with van der Waals surface area (Å²) in [5.41, 5.74) is -0.989. The van der Waals surface area contributed by atoms with Gasteiger partial charge >= 0.3 is 12.1 Å². The Morgan fingerprint density at radius 2 is 1.84 bits per heavy atom. The van der Waals surface area contributed by atoms with Gasteiger partial charge in [0.05, 0.1) is 11.1 Å². The van der Waals surface area contributed by atoms with Gasteiger partial charge in [0.2, 0.25) is 0 Å². The zero-order valence-corrected chi connectivity index (χ0v) is 10.1. The smallest absolute Gasteiger partial charge is 0.416 e. The minimum absolute atomic E-state index is 0.107. The van der Waals surface area contributed by atoms with E-state index in [2.05, 4.69) is 0 Å². The van der Waals surface area contributed by atoms with Crippen LogP contribution in [0.2, 0.25) is 0 Å². The van der Waals surface area contributed by atoms with Crippen LogP contribution >= 0.6 is 0 Å². The van der Waals surface area contributed by atoms with E-state index in [4.69, 9.17) is 5.11 Å². The molecule has 19 heavy (non-hydrogen) atoms. The molecular formula is C13H13F3O3. The summed E-state index contributed by atoms with van der Waals surface area (Å²) in [6.07, 6.45) is -4.18. The maximum Gasteiger partial charge on any atom is 0.416 e. The van der Waals surface area contributed by atoms with Crippen molar-refractivity contribution < 1.29 is 28.2 Å². The third kappa shape index (κ3) is 3.82. The monoisotopic (exact) mass is 274 g/mol. The lowest BCUT2D eigenvalue weighted by Gasteiger charge is -2.13. The molecule has 0 saturated carbocycles. The van der Waals surface area contributed by atoms with Crippen molar-refractivity contribution in [3.63, 3.8) is 0 Å². The zero-order chi connectivity index (χ0) is 14.6.